The minimum absolute atomic E-state index is 0.0921. The zero-order chi connectivity index (χ0) is 13.9. The van der Waals surface area contributed by atoms with Gasteiger partial charge in [-0.1, -0.05) is 12.1 Å². The Hall–Kier alpha value is -2.17. The van der Waals surface area contributed by atoms with Crippen LogP contribution in [0.25, 0.3) is 11.3 Å². The molecule has 20 heavy (non-hydrogen) atoms. The summed E-state index contributed by atoms with van der Waals surface area (Å²) in [6.07, 6.45) is 4.20. The number of nitrogens with zero attached hydrogens (tertiary/aromatic N) is 2. The van der Waals surface area contributed by atoms with Crippen molar-refractivity contribution in [1.29, 1.82) is 0 Å². The van der Waals surface area contributed by atoms with E-state index < -0.39 is 0 Å². The van der Waals surface area contributed by atoms with Gasteiger partial charge in [-0.05, 0) is 25.0 Å². The maximum Gasteiger partial charge on any atom is 0.209 e. The molecule has 2 aromatic rings. The number of rotatable bonds is 3. The fraction of sp³-hybridized carbons (Fsp3) is 0.333. The van der Waals surface area contributed by atoms with Crippen LogP contribution in [-0.4, -0.2) is 29.4 Å². The predicted octanol–water partition coefficient (Wildman–Crippen LogP) is 2.82. The Morgan fingerprint density at radius 1 is 1.40 bits per heavy atom. The lowest BCUT2D eigenvalue weighted by molar-refractivity contribution is -0.119. The molecule has 0 N–H and O–H groups in total. The summed E-state index contributed by atoms with van der Waals surface area (Å²) < 4.78 is 19.2. The Labute approximate surface area is 116 Å². The first-order valence-corrected chi connectivity index (χ1v) is 6.67. The highest BCUT2D eigenvalue weighted by Gasteiger charge is 2.24. The van der Waals surface area contributed by atoms with Gasteiger partial charge in [0, 0.05) is 18.7 Å². The van der Waals surface area contributed by atoms with Crippen LogP contribution in [0, 0.1) is 5.82 Å². The van der Waals surface area contributed by atoms with E-state index in [0.717, 1.165) is 25.8 Å². The van der Waals surface area contributed by atoms with E-state index >= 15 is 0 Å². The Balaban J connectivity index is 1.83. The summed E-state index contributed by atoms with van der Waals surface area (Å²) in [7, 11) is 0. The van der Waals surface area contributed by atoms with Crippen molar-refractivity contribution in [3.05, 3.63) is 42.2 Å². The number of amides is 1. The first-order valence-electron chi connectivity index (χ1n) is 6.67. The van der Waals surface area contributed by atoms with Gasteiger partial charge < -0.3 is 9.32 Å². The SMILES string of the molecule is O=CN1CCCC(c2nc(-c3ccccc3F)co2)C1. The second-order valence-corrected chi connectivity index (χ2v) is 4.99. The smallest absolute Gasteiger partial charge is 0.209 e. The summed E-state index contributed by atoms with van der Waals surface area (Å²) in [5.74, 6) is 0.356. The number of benzene rings is 1. The first kappa shape index (κ1) is 12.8. The molecule has 1 aliphatic rings. The van der Waals surface area contributed by atoms with E-state index in [4.69, 9.17) is 4.42 Å². The van der Waals surface area contributed by atoms with Gasteiger partial charge in [-0.3, -0.25) is 4.79 Å². The number of aromatic nitrogens is 1. The average Bonchev–Trinajstić information content (AvgIpc) is 2.97. The Morgan fingerprint density at radius 3 is 3.05 bits per heavy atom. The third kappa shape index (κ3) is 2.43. The lowest BCUT2D eigenvalue weighted by Gasteiger charge is -2.27. The van der Waals surface area contributed by atoms with Crippen molar-refractivity contribution in [1.82, 2.24) is 9.88 Å². The van der Waals surface area contributed by atoms with Crippen LogP contribution >= 0.6 is 0 Å². The minimum atomic E-state index is -0.314. The molecule has 2 heterocycles. The van der Waals surface area contributed by atoms with Gasteiger partial charge in [0.25, 0.3) is 0 Å². The summed E-state index contributed by atoms with van der Waals surface area (Å²) in [6, 6.07) is 6.48. The summed E-state index contributed by atoms with van der Waals surface area (Å²) in [5.41, 5.74) is 0.937. The second kappa shape index (κ2) is 5.45. The second-order valence-electron chi connectivity index (χ2n) is 4.99. The topological polar surface area (TPSA) is 46.3 Å². The van der Waals surface area contributed by atoms with Crippen molar-refractivity contribution in [3.63, 3.8) is 0 Å². The number of oxazole rings is 1. The van der Waals surface area contributed by atoms with E-state index in [1.807, 2.05) is 0 Å². The normalized spacial score (nSPS) is 19.1. The predicted molar refractivity (Wildman–Crippen MR) is 71.5 cm³/mol. The largest absolute Gasteiger partial charge is 0.448 e. The maximum atomic E-state index is 13.7. The van der Waals surface area contributed by atoms with Crippen molar-refractivity contribution in [2.75, 3.05) is 13.1 Å². The number of hydrogen-bond donors (Lipinski definition) is 0. The highest BCUT2D eigenvalue weighted by molar-refractivity contribution is 5.58. The zero-order valence-electron chi connectivity index (χ0n) is 11.0. The molecule has 1 atom stereocenters. The van der Waals surface area contributed by atoms with Crippen LogP contribution in [0.4, 0.5) is 4.39 Å². The minimum Gasteiger partial charge on any atom is -0.448 e. The number of carbonyl (C=O) groups is 1. The van der Waals surface area contributed by atoms with Gasteiger partial charge in [0.15, 0.2) is 5.89 Å². The molecule has 3 rings (SSSR count). The van der Waals surface area contributed by atoms with E-state index in [1.165, 1.54) is 12.3 Å². The molecule has 1 unspecified atom stereocenters. The first-order chi connectivity index (χ1) is 9.78. The fourth-order valence-corrected chi connectivity index (χ4v) is 2.57. The molecule has 0 bridgehead atoms. The fourth-order valence-electron chi connectivity index (χ4n) is 2.57. The van der Waals surface area contributed by atoms with Crippen LogP contribution in [0.3, 0.4) is 0 Å². The van der Waals surface area contributed by atoms with Crippen LogP contribution in [0.15, 0.2) is 34.9 Å². The van der Waals surface area contributed by atoms with Gasteiger partial charge in [-0.2, -0.15) is 0 Å². The van der Waals surface area contributed by atoms with Crippen molar-refractivity contribution in [2.45, 2.75) is 18.8 Å². The number of likely N-dealkylation sites (tertiary alicyclic amines) is 1. The monoisotopic (exact) mass is 274 g/mol. The summed E-state index contributed by atoms with van der Waals surface area (Å²) in [5, 5.41) is 0. The molecule has 1 saturated heterocycles. The summed E-state index contributed by atoms with van der Waals surface area (Å²) in [6.45, 7) is 1.39. The highest BCUT2D eigenvalue weighted by Crippen LogP contribution is 2.29. The molecule has 1 amide bonds. The van der Waals surface area contributed by atoms with E-state index in [0.29, 0.717) is 23.7 Å². The molecule has 1 aliphatic heterocycles. The van der Waals surface area contributed by atoms with Gasteiger partial charge in [-0.25, -0.2) is 9.37 Å². The number of piperidine rings is 1. The van der Waals surface area contributed by atoms with Crippen LogP contribution in [0.2, 0.25) is 0 Å². The number of hydrogen-bond acceptors (Lipinski definition) is 3. The molecule has 1 aromatic carbocycles. The lowest BCUT2D eigenvalue weighted by Crippen LogP contribution is -2.33. The zero-order valence-corrected chi connectivity index (χ0v) is 11.0. The maximum absolute atomic E-state index is 13.7. The number of halogens is 1. The van der Waals surface area contributed by atoms with Gasteiger partial charge in [0.05, 0.1) is 5.92 Å². The van der Waals surface area contributed by atoms with Gasteiger partial charge in [-0.15, -0.1) is 0 Å². The average molecular weight is 274 g/mol. The molecule has 4 nitrogen and oxygen atoms in total. The van der Waals surface area contributed by atoms with E-state index in [2.05, 4.69) is 4.98 Å². The van der Waals surface area contributed by atoms with Gasteiger partial charge in [0.2, 0.25) is 6.41 Å². The van der Waals surface area contributed by atoms with Crippen LogP contribution in [0.1, 0.15) is 24.7 Å². The molecule has 0 radical (unpaired) electrons. The lowest BCUT2D eigenvalue weighted by atomic mass is 9.98. The molecular weight excluding hydrogens is 259 g/mol. The molecule has 1 aromatic heterocycles. The van der Waals surface area contributed by atoms with Gasteiger partial charge >= 0.3 is 0 Å². The summed E-state index contributed by atoms with van der Waals surface area (Å²) in [4.78, 5) is 16.9. The van der Waals surface area contributed by atoms with Gasteiger partial charge in [0.1, 0.15) is 17.8 Å². The quantitative estimate of drug-likeness (QED) is 0.808. The van der Waals surface area contributed by atoms with Crippen LogP contribution in [-0.2, 0) is 4.79 Å². The third-order valence-electron chi connectivity index (χ3n) is 3.62. The molecule has 0 spiro atoms. The Morgan fingerprint density at radius 2 is 2.25 bits per heavy atom. The van der Waals surface area contributed by atoms with Crippen molar-refractivity contribution >= 4 is 6.41 Å². The Bertz CT molecular complexity index is 611. The third-order valence-corrected chi connectivity index (χ3v) is 3.62. The highest BCUT2D eigenvalue weighted by atomic mass is 19.1. The molecular formula is C15H15FN2O2. The standard InChI is InChI=1S/C15H15FN2O2/c16-13-6-2-1-5-12(13)14-9-20-15(17-14)11-4-3-7-18(8-11)10-19/h1-2,5-6,9-11H,3-4,7-8H2. The molecule has 5 heteroatoms. The Kier molecular flexibility index (Phi) is 3.50. The van der Waals surface area contributed by atoms with Crippen LogP contribution in [0.5, 0.6) is 0 Å². The molecule has 0 aliphatic carbocycles. The summed E-state index contributed by atoms with van der Waals surface area (Å²) >= 11 is 0. The van der Waals surface area contributed by atoms with Crippen molar-refractivity contribution in [2.24, 2.45) is 0 Å². The molecule has 1 fully saturated rings. The van der Waals surface area contributed by atoms with Crippen molar-refractivity contribution in [3.8, 4) is 11.3 Å². The molecule has 104 valence electrons. The van der Waals surface area contributed by atoms with E-state index in [-0.39, 0.29) is 11.7 Å². The van der Waals surface area contributed by atoms with Crippen LogP contribution < -0.4 is 0 Å². The van der Waals surface area contributed by atoms with Crippen molar-refractivity contribution < 1.29 is 13.6 Å². The van der Waals surface area contributed by atoms with E-state index in [9.17, 15) is 9.18 Å². The molecule has 0 saturated carbocycles. The van der Waals surface area contributed by atoms with E-state index in [1.54, 1.807) is 23.1 Å². The number of carbonyl (C=O) groups excluding carboxylic acids is 1.